The van der Waals surface area contributed by atoms with Gasteiger partial charge in [-0.2, -0.15) is 0 Å². The van der Waals surface area contributed by atoms with Crippen molar-refractivity contribution in [2.45, 2.75) is 26.3 Å². The summed E-state index contributed by atoms with van der Waals surface area (Å²) in [5, 5.41) is 5.27. The van der Waals surface area contributed by atoms with Gasteiger partial charge >= 0.3 is 11.8 Å². The highest BCUT2D eigenvalue weighted by Gasteiger charge is 2.16. The molecule has 2 amide bonds. The molecular weight excluding hydrogens is 324 g/mol. The van der Waals surface area contributed by atoms with E-state index in [9.17, 15) is 14.4 Å². The van der Waals surface area contributed by atoms with E-state index in [1.54, 1.807) is 6.07 Å². The maximum Gasteiger partial charge on any atom is 0.309 e. The molecule has 0 radical (unpaired) electrons. The highest BCUT2D eigenvalue weighted by molar-refractivity contribution is 7.14. The number of thiophene rings is 1. The van der Waals surface area contributed by atoms with Crippen LogP contribution in [0.3, 0.4) is 0 Å². The van der Waals surface area contributed by atoms with Crippen molar-refractivity contribution < 1.29 is 14.4 Å². The number of Topliss-reactive ketones (excluding diaryl/α,β-unsaturated/α-hetero) is 1. The fourth-order valence-corrected chi connectivity index (χ4v) is 3.07. The molecule has 2 aromatic rings. The van der Waals surface area contributed by atoms with Crippen LogP contribution in [0, 0.1) is 0 Å². The van der Waals surface area contributed by atoms with E-state index < -0.39 is 11.8 Å². The molecule has 0 saturated heterocycles. The molecule has 0 aliphatic heterocycles. The van der Waals surface area contributed by atoms with E-state index in [0.717, 1.165) is 10.4 Å². The molecule has 0 aliphatic rings. The van der Waals surface area contributed by atoms with Gasteiger partial charge in [0.25, 0.3) is 0 Å². The molecule has 5 nitrogen and oxygen atoms in total. The molecule has 1 heterocycles. The van der Waals surface area contributed by atoms with Crippen LogP contribution < -0.4 is 10.6 Å². The number of nitrogens with one attached hydrogen (secondary N) is 2. The zero-order valence-electron chi connectivity index (χ0n) is 13.7. The van der Waals surface area contributed by atoms with Gasteiger partial charge in [0.1, 0.15) is 0 Å². The molecule has 0 aliphatic carbocycles. The topological polar surface area (TPSA) is 75.3 Å². The van der Waals surface area contributed by atoms with E-state index in [0.29, 0.717) is 17.8 Å². The summed E-state index contributed by atoms with van der Waals surface area (Å²) in [5.74, 6) is -1.27. The molecule has 1 atom stereocenters. The van der Waals surface area contributed by atoms with Gasteiger partial charge in [0, 0.05) is 11.4 Å². The Kier molecular flexibility index (Phi) is 6.26. The second kappa shape index (κ2) is 8.40. The molecule has 6 heteroatoms. The lowest BCUT2D eigenvalue weighted by Gasteiger charge is -2.13. The second-order valence-corrected chi connectivity index (χ2v) is 6.60. The summed E-state index contributed by atoms with van der Waals surface area (Å²) in [7, 11) is 0. The lowest BCUT2D eigenvalue weighted by Crippen LogP contribution is -2.41. The highest BCUT2D eigenvalue weighted by atomic mass is 32.1. The SMILES string of the molecule is CC(=O)c1ccc(CCNC(=O)C(=O)NC(C)c2ccccc2)s1. The Morgan fingerprint density at radius 3 is 2.38 bits per heavy atom. The third-order valence-corrected chi connectivity index (χ3v) is 4.76. The van der Waals surface area contributed by atoms with Crippen molar-refractivity contribution in [1.82, 2.24) is 10.6 Å². The minimum Gasteiger partial charge on any atom is -0.347 e. The van der Waals surface area contributed by atoms with Gasteiger partial charge in [-0.3, -0.25) is 14.4 Å². The smallest absolute Gasteiger partial charge is 0.309 e. The van der Waals surface area contributed by atoms with Crippen LogP contribution in [0.25, 0.3) is 0 Å². The number of carbonyl (C=O) groups is 3. The van der Waals surface area contributed by atoms with Gasteiger partial charge in [-0.05, 0) is 38.0 Å². The molecule has 0 spiro atoms. The molecule has 1 unspecified atom stereocenters. The van der Waals surface area contributed by atoms with Gasteiger partial charge < -0.3 is 10.6 Å². The summed E-state index contributed by atoms with van der Waals surface area (Å²) in [4.78, 5) is 36.7. The Balaban J connectivity index is 1.77. The average Bonchev–Trinajstić information content (AvgIpc) is 3.04. The normalized spacial score (nSPS) is 11.6. The predicted molar refractivity (Wildman–Crippen MR) is 94.0 cm³/mol. The summed E-state index contributed by atoms with van der Waals surface area (Å²) in [5.41, 5.74) is 0.939. The maximum absolute atomic E-state index is 11.9. The fourth-order valence-electron chi connectivity index (χ4n) is 2.17. The van der Waals surface area contributed by atoms with Gasteiger partial charge in [0.15, 0.2) is 5.78 Å². The number of carbonyl (C=O) groups excluding carboxylic acids is 3. The molecule has 24 heavy (non-hydrogen) atoms. The van der Waals surface area contributed by atoms with Crippen molar-refractivity contribution in [3.05, 3.63) is 57.8 Å². The summed E-state index contributed by atoms with van der Waals surface area (Å²) in [6, 6.07) is 12.9. The third-order valence-electron chi connectivity index (χ3n) is 3.52. The van der Waals surface area contributed by atoms with E-state index in [2.05, 4.69) is 10.6 Å². The lowest BCUT2D eigenvalue weighted by atomic mass is 10.1. The van der Waals surface area contributed by atoms with Crippen LogP contribution in [0.15, 0.2) is 42.5 Å². The number of ketones is 1. The first-order chi connectivity index (χ1) is 11.5. The molecule has 1 aromatic carbocycles. The number of benzene rings is 1. The summed E-state index contributed by atoms with van der Waals surface area (Å²) >= 11 is 1.41. The predicted octanol–water partition coefficient (Wildman–Crippen LogP) is 2.49. The quantitative estimate of drug-likeness (QED) is 0.624. The summed E-state index contributed by atoms with van der Waals surface area (Å²) in [6.07, 6.45) is 0.588. The summed E-state index contributed by atoms with van der Waals surface area (Å²) in [6.45, 7) is 3.70. The molecule has 0 saturated carbocycles. The van der Waals surface area contributed by atoms with Crippen molar-refractivity contribution in [3.8, 4) is 0 Å². The van der Waals surface area contributed by atoms with Crippen LogP contribution in [0.5, 0.6) is 0 Å². The van der Waals surface area contributed by atoms with Gasteiger partial charge in [-0.25, -0.2) is 0 Å². The van der Waals surface area contributed by atoms with Crippen molar-refractivity contribution in [1.29, 1.82) is 0 Å². The minimum absolute atomic E-state index is 0.0320. The largest absolute Gasteiger partial charge is 0.347 e. The van der Waals surface area contributed by atoms with Crippen LogP contribution in [0.4, 0.5) is 0 Å². The Bertz CT molecular complexity index is 725. The van der Waals surface area contributed by atoms with Gasteiger partial charge in [0.05, 0.1) is 10.9 Å². The van der Waals surface area contributed by atoms with Crippen molar-refractivity contribution in [3.63, 3.8) is 0 Å². The zero-order valence-corrected chi connectivity index (χ0v) is 14.5. The Labute approximate surface area is 145 Å². The molecule has 2 N–H and O–H groups in total. The summed E-state index contributed by atoms with van der Waals surface area (Å²) < 4.78 is 0. The lowest BCUT2D eigenvalue weighted by molar-refractivity contribution is -0.139. The van der Waals surface area contributed by atoms with Crippen molar-refractivity contribution in [2.24, 2.45) is 0 Å². The number of rotatable bonds is 6. The fraction of sp³-hybridized carbons (Fsp3) is 0.278. The first-order valence-corrected chi connectivity index (χ1v) is 8.52. The van der Waals surface area contributed by atoms with Crippen molar-refractivity contribution in [2.75, 3.05) is 6.54 Å². The van der Waals surface area contributed by atoms with E-state index in [1.165, 1.54) is 18.3 Å². The van der Waals surface area contributed by atoms with E-state index in [1.807, 2.05) is 43.3 Å². The van der Waals surface area contributed by atoms with Crippen LogP contribution >= 0.6 is 11.3 Å². The monoisotopic (exact) mass is 344 g/mol. The van der Waals surface area contributed by atoms with Crippen LogP contribution in [-0.4, -0.2) is 24.1 Å². The molecule has 2 rings (SSSR count). The number of hydrogen-bond acceptors (Lipinski definition) is 4. The van der Waals surface area contributed by atoms with E-state index in [-0.39, 0.29) is 11.8 Å². The molecular formula is C18H20N2O3S. The van der Waals surface area contributed by atoms with Crippen LogP contribution in [0.1, 0.15) is 40.0 Å². The Morgan fingerprint density at radius 2 is 1.75 bits per heavy atom. The molecule has 0 fully saturated rings. The Morgan fingerprint density at radius 1 is 1.04 bits per heavy atom. The van der Waals surface area contributed by atoms with Crippen LogP contribution in [0.2, 0.25) is 0 Å². The maximum atomic E-state index is 11.9. The molecule has 1 aromatic heterocycles. The van der Waals surface area contributed by atoms with E-state index in [4.69, 9.17) is 0 Å². The standard InChI is InChI=1S/C18H20N2O3S/c1-12(14-6-4-3-5-7-14)20-18(23)17(22)19-11-10-15-8-9-16(24-15)13(2)21/h3-9,12H,10-11H2,1-2H3,(H,19,22)(H,20,23). The molecule has 0 bridgehead atoms. The number of amides is 2. The third kappa shape index (κ3) is 5.03. The van der Waals surface area contributed by atoms with Gasteiger partial charge in [-0.1, -0.05) is 30.3 Å². The average molecular weight is 344 g/mol. The number of hydrogen-bond donors (Lipinski definition) is 2. The van der Waals surface area contributed by atoms with E-state index >= 15 is 0 Å². The van der Waals surface area contributed by atoms with Crippen LogP contribution in [-0.2, 0) is 16.0 Å². The first-order valence-electron chi connectivity index (χ1n) is 7.70. The highest BCUT2D eigenvalue weighted by Crippen LogP contribution is 2.17. The van der Waals surface area contributed by atoms with Crippen molar-refractivity contribution >= 4 is 28.9 Å². The Hall–Kier alpha value is -2.47. The minimum atomic E-state index is -0.652. The first kappa shape index (κ1) is 17.9. The van der Waals surface area contributed by atoms with Gasteiger partial charge in [0.2, 0.25) is 0 Å². The second-order valence-electron chi connectivity index (χ2n) is 5.43. The molecule has 126 valence electrons. The van der Waals surface area contributed by atoms with Gasteiger partial charge in [-0.15, -0.1) is 11.3 Å². The zero-order chi connectivity index (χ0) is 17.5.